The average molecular weight is 353 g/mol. The first kappa shape index (κ1) is 16.3. The fourth-order valence-corrected chi connectivity index (χ4v) is 4.84. The lowest BCUT2D eigenvalue weighted by Crippen LogP contribution is -2.18. The van der Waals surface area contributed by atoms with Crippen molar-refractivity contribution in [3.05, 3.63) is 46.6 Å². The number of fused-ring (bicyclic) bond motifs is 3. The number of thiophene rings is 1. The minimum atomic E-state index is 0.820. The molecule has 0 saturated carbocycles. The summed E-state index contributed by atoms with van der Waals surface area (Å²) in [5.41, 5.74) is 2.74. The second-order valence-corrected chi connectivity index (χ2v) is 7.73. The highest BCUT2D eigenvalue weighted by molar-refractivity contribution is 7.18. The Morgan fingerprint density at radius 3 is 2.68 bits per heavy atom. The molecule has 0 aliphatic heterocycles. The standard InChI is InChI=1S/C20H23N3OS/c1-23(12-14-8-10-15(24-2)11-9-14)19-18-16-6-4-3-5-7-17(16)25-20(18)22-13-21-19/h8-11,13H,3-7,12H2,1-2H3. The summed E-state index contributed by atoms with van der Waals surface area (Å²) in [6.07, 6.45) is 7.95. The number of benzene rings is 1. The van der Waals surface area contributed by atoms with Gasteiger partial charge in [-0.05, 0) is 48.9 Å². The number of nitrogens with zero attached hydrogens (tertiary/aromatic N) is 3. The third-order valence-corrected chi connectivity index (χ3v) is 6.12. The summed E-state index contributed by atoms with van der Waals surface area (Å²) >= 11 is 1.86. The van der Waals surface area contributed by atoms with E-state index in [2.05, 4.69) is 34.0 Å². The first-order valence-corrected chi connectivity index (χ1v) is 9.67. The number of aryl methyl sites for hydroxylation is 2. The summed E-state index contributed by atoms with van der Waals surface area (Å²) in [4.78, 5) is 14.1. The third-order valence-electron chi connectivity index (χ3n) is 4.92. The van der Waals surface area contributed by atoms with Crippen LogP contribution in [-0.4, -0.2) is 24.1 Å². The van der Waals surface area contributed by atoms with Crippen LogP contribution in [0.1, 0.15) is 35.3 Å². The van der Waals surface area contributed by atoms with Crippen molar-refractivity contribution in [3.63, 3.8) is 0 Å². The zero-order valence-electron chi connectivity index (χ0n) is 14.8. The smallest absolute Gasteiger partial charge is 0.141 e. The molecule has 4 rings (SSSR count). The Kier molecular flexibility index (Phi) is 4.57. The maximum atomic E-state index is 5.25. The molecule has 0 amide bonds. The molecule has 3 aromatic rings. The predicted molar refractivity (Wildman–Crippen MR) is 104 cm³/mol. The lowest BCUT2D eigenvalue weighted by Gasteiger charge is -2.20. The van der Waals surface area contributed by atoms with Gasteiger partial charge in [-0.3, -0.25) is 0 Å². The van der Waals surface area contributed by atoms with Crippen molar-refractivity contribution in [1.82, 2.24) is 9.97 Å². The van der Waals surface area contributed by atoms with Crippen LogP contribution in [0.2, 0.25) is 0 Å². The molecular weight excluding hydrogens is 330 g/mol. The fourth-order valence-electron chi connectivity index (χ4n) is 3.62. The maximum absolute atomic E-state index is 5.25. The van der Waals surface area contributed by atoms with Crippen molar-refractivity contribution in [1.29, 1.82) is 0 Å². The van der Waals surface area contributed by atoms with E-state index in [0.29, 0.717) is 0 Å². The molecule has 5 heteroatoms. The summed E-state index contributed by atoms with van der Waals surface area (Å²) in [5, 5.41) is 1.28. The molecule has 130 valence electrons. The number of aromatic nitrogens is 2. The second kappa shape index (κ2) is 7.00. The van der Waals surface area contributed by atoms with Crippen LogP contribution in [-0.2, 0) is 19.4 Å². The molecule has 0 saturated heterocycles. The Balaban J connectivity index is 1.68. The van der Waals surface area contributed by atoms with Gasteiger partial charge in [0.15, 0.2) is 0 Å². The van der Waals surface area contributed by atoms with Gasteiger partial charge >= 0.3 is 0 Å². The van der Waals surface area contributed by atoms with Gasteiger partial charge in [0, 0.05) is 18.5 Å². The first-order chi connectivity index (χ1) is 12.3. The van der Waals surface area contributed by atoms with Crippen LogP contribution in [0.3, 0.4) is 0 Å². The fraction of sp³-hybridized carbons (Fsp3) is 0.400. The van der Waals surface area contributed by atoms with Gasteiger partial charge in [0.05, 0.1) is 12.5 Å². The Hall–Kier alpha value is -2.14. The van der Waals surface area contributed by atoms with Gasteiger partial charge < -0.3 is 9.64 Å². The molecule has 2 aromatic heterocycles. The van der Waals surface area contributed by atoms with E-state index in [1.807, 2.05) is 23.5 Å². The highest BCUT2D eigenvalue weighted by atomic mass is 32.1. The second-order valence-electron chi connectivity index (χ2n) is 6.65. The van der Waals surface area contributed by atoms with Gasteiger partial charge in [0.25, 0.3) is 0 Å². The van der Waals surface area contributed by atoms with E-state index in [0.717, 1.165) is 29.4 Å². The zero-order valence-corrected chi connectivity index (χ0v) is 15.6. The Morgan fingerprint density at radius 1 is 1.08 bits per heavy atom. The van der Waals surface area contributed by atoms with Gasteiger partial charge in [0.1, 0.15) is 22.7 Å². The summed E-state index contributed by atoms with van der Waals surface area (Å²) in [6.45, 7) is 0.820. The van der Waals surface area contributed by atoms with Gasteiger partial charge in [-0.25, -0.2) is 9.97 Å². The largest absolute Gasteiger partial charge is 0.497 e. The topological polar surface area (TPSA) is 38.2 Å². The van der Waals surface area contributed by atoms with Crippen LogP contribution in [0.4, 0.5) is 5.82 Å². The lowest BCUT2D eigenvalue weighted by molar-refractivity contribution is 0.414. The van der Waals surface area contributed by atoms with Crippen LogP contribution in [0.15, 0.2) is 30.6 Å². The minimum Gasteiger partial charge on any atom is -0.497 e. The van der Waals surface area contributed by atoms with Gasteiger partial charge in [0.2, 0.25) is 0 Å². The van der Waals surface area contributed by atoms with E-state index >= 15 is 0 Å². The number of hydrogen-bond acceptors (Lipinski definition) is 5. The van der Waals surface area contributed by atoms with Crippen molar-refractivity contribution < 1.29 is 4.74 Å². The first-order valence-electron chi connectivity index (χ1n) is 8.85. The Morgan fingerprint density at radius 2 is 1.88 bits per heavy atom. The molecule has 1 aliphatic rings. The van der Waals surface area contributed by atoms with Crippen LogP contribution in [0.25, 0.3) is 10.2 Å². The quantitative estimate of drug-likeness (QED) is 0.642. The Bertz CT molecular complexity index is 873. The number of anilines is 1. The lowest BCUT2D eigenvalue weighted by atomic mass is 10.1. The molecule has 25 heavy (non-hydrogen) atoms. The molecule has 4 nitrogen and oxygen atoms in total. The van der Waals surface area contributed by atoms with Crippen LogP contribution >= 0.6 is 11.3 Å². The molecule has 2 heterocycles. The van der Waals surface area contributed by atoms with Crippen LogP contribution in [0.5, 0.6) is 5.75 Å². The summed E-state index contributed by atoms with van der Waals surface area (Å²) < 4.78 is 5.25. The normalized spacial score (nSPS) is 14.2. The monoisotopic (exact) mass is 353 g/mol. The highest BCUT2D eigenvalue weighted by Crippen LogP contribution is 2.38. The highest BCUT2D eigenvalue weighted by Gasteiger charge is 2.20. The summed E-state index contributed by atoms with van der Waals surface area (Å²) in [5.74, 6) is 1.94. The molecule has 1 aliphatic carbocycles. The van der Waals surface area contributed by atoms with Gasteiger partial charge in [-0.1, -0.05) is 18.6 Å². The van der Waals surface area contributed by atoms with Crippen molar-refractivity contribution >= 4 is 27.4 Å². The average Bonchev–Trinajstić information content (AvgIpc) is 2.83. The molecule has 0 N–H and O–H groups in total. The molecule has 0 bridgehead atoms. The zero-order chi connectivity index (χ0) is 17.2. The van der Waals surface area contributed by atoms with Crippen molar-refractivity contribution in [2.75, 3.05) is 19.1 Å². The van der Waals surface area contributed by atoms with E-state index in [1.54, 1.807) is 13.4 Å². The van der Waals surface area contributed by atoms with Crippen LogP contribution in [0, 0.1) is 0 Å². The third kappa shape index (κ3) is 3.21. The van der Waals surface area contributed by atoms with Crippen molar-refractivity contribution in [3.8, 4) is 5.75 Å². The van der Waals surface area contributed by atoms with E-state index in [-0.39, 0.29) is 0 Å². The van der Waals surface area contributed by atoms with Gasteiger partial charge in [-0.15, -0.1) is 11.3 Å². The molecule has 1 aromatic carbocycles. The van der Waals surface area contributed by atoms with Crippen molar-refractivity contribution in [2.45, 2.75) is 38.6 Å². The number of hydrogen-bond donors (Lipinski definition) is 0. The Labute approximate surface area is 152 Å². The van der Waals surface area contributed by atoms with Crippen LogP contribution < -0.4 is 9.64 Å². The molecule has 0 atom stereocenters. The summed E-state index contributed by atoms with van der Waals surface area (Å²) in [6, 6.07) is 8.24. The molecule has 0 fully saturated rings. The maximum Gasteiger partial charge on any atom is 0.141 e. The number of methoxy groups -OCH3 is 1. The van der Waals surface area contributed by atoms with E-state index < -0.39 is 0 Å². The van der Waals surface area contributed by atoms with E-state index in [1.165, 1.54) is 47.1 Å². The minimum absolute atomic E-state index is 0.820. The summed E-state index contributed by atoms with van der Waals surface area (Å²) in [7, 11) is 3.81. The van der Waals surface area contributed by atoms with Gasteiger partial charge in [-0.2, -0.15) is 0 Å². The van der Waals surface area contributed by atoms with E-state index in [4.69, 9.17) is 4.74 Å². The molecule has 0 spiro atoms. The predicted octanol–water partition coefficient (Wildman–Crippen LogP) is 4.61. The van der Waals surface area contributed by atoms with Crippen molar-refractivity contribution in [2.24, 2.45) is 0 Å². The number of rotatable bonds is 4. The molecule has 0 radical (unpaired) electrons. The number of ether oxygens (including phenoxy) is 1. The SMILES string of the molecule is COc1ccc(CN(C)c2ncnc3sc4c(c23)CCCCC4)cc1. The van der Waals surface area contributed by atoms with E-state index in [9.17, 15) is 0 Å². The molecule has 0 unspecified atom stereocenters. The molecular formula is C20H23N3OS.